The van der Waals surface area contributed by atoms with E-state index in [0.29, 0.717) is 30.2 Å². The molecule has 2 N–H and O–H groups in total. The molecular weight excluding hydrogens is 392 g/mol. The van der Waals surface area contributed by atoms with Crippen molar-refractivity contribution < 1.29 is 14.7 Å². The normalized spacial score (nSPS) is 12.9. The summed E-state index contributed by atoms with van der Waals surface area (Å²) in [6.45, 7) is 3.04. The first-order chi connectivity index (χ1) is 15.1. The highest BCUT2D eigenvalue weighted by Crippen LogP contribution is 2.27. The van der Waals surface area contributed by atoms with Crippen molar-refractivity contribution in [2.75, 3.05) is 6.54 Å². The average molecular weight is 416 g/mol. The van der Waals surface area contributed by atoms with Crippen molar-refractivity contribution in [2.45, 2.75) is 32.7 Å². The molecular formula is C24H24N4O3. The summed E-state index contributed by atoms with van der Waals surface area (Å²) in [5.74, 6) is 0.282. The van der Waals surface area contributed by atoms with Crippen LogP contribution in [0.5, 0.6) is 0 Å². The van der Waals surface area contributed by atoms with Crippen LogP contribution in [0.4, 0.5) is 5.82 Å². The van der Waals surface area contributed by atoms with Gasteiger partial charge < -0.3 is 15.0 Å². The first-order valence-electron chi connectivity index (χ1n) is 10.4. The van der Waals surface area contributed by atoms with Gasteiger partial charge in [0.15, 0.2) is 11.5 Å². The molecule has 0 aliphatic carbocycles. The van der Waals surface area contributed by atoms with Gasteiger partial charge in [0.1, 0.15) is 5.82 Å². The van der Waals surface area contributed by atoms with Crippen molar-refractivity contribution in [3.05, 3.63) is 71.2 Å². The molecule has 158 valence electrons. The largest absolute Gasteiger partial charge is 0.478 e. The lowest BCUT2D eigenvalue weighted by atomic mass is 9.99. The van der Waals surface area contributed by atoms with Crippen LogP contribution in [-0.2, 0) is 13.0 Å². The van der Waals surface area contributed by atoms with E-state index in [1.807, 2.05) is 41.0 Å². The Bertz CT molecular complexity index is 1150. The summed E-state index contributed by atoms with van der Waals surface area (Å²) in [4.78, 5) is 33.0. The lowest BCUT2D eigenvalue weighted by Crippen LogP contribution is -2.24. The molecule has 3 aromatic rings. The van der Waals surface area contributed by atoms with Gasteiger partial charge in [-0.25, -0.2) is 14.8 Å². The summed E-state index contributed by atoms with van der Waals surface area (Å²) in [6.07, 6.45) is 4.48. The van der Waals surface area contributed by atoms with E-state index < -0.39 is 5.97 Å². The van der Waals surface area contributed by atoms with Gasteiger partial charge in [0.05, 0.1) is 18.7 Å². The van der Waals surface area contributed by atoms with Crippen LogP contribution in [0, 0.1) is 0 Å². The number of hydrogen-bond donors (Lipinski definition) is 2. The van der Waals surface area contributed by atoms with Crippen molar-refractivity contribution in [3.8, 4) is 11.1 Å². The molecule has 0 fully saturated rings. The summed E-state index contributed by atoms with van der Waals surface area (Å²) < 4.78 is 2.01. The van der Waals surface area contributed by atoms with Crippen molar-refractivity contribution in [2.24, 2.45) is 4.99 Å². The van der Waals surface area contributed by atoms with Crippen LogP contribution in [0.3, 0.4) is 0 Å². The minimum absolute atomic E-state index is 0.204. The second-order valence-corrected chi connectivity index (χ2v) is 7.46. The van der Waals surface area contributed by atoms with Gasteiger partial charge >= 0.3 is 5.97 Å². The number of amides is 1. The van der Waals surface area contributed by atoms with Crippen LogP contribution in [0.25, 0.3) is 11.1 Å². The molecule has 31 heavy (non-hydrogen) atoms. The zero-order chi connectivity index (χ0) is 21.8. The van der Waals surface area contributed by atoms with Crippen LogP contribution >= 0.6 is 0 Å². The number of aliphatic imine (C=N–C) groups is 1. The summed E-state index contributed by atoms with van der Waals surface area (Å²) in [5.41, 5.74) is 3.19. The summed E-state index contributed by atoms with van der Waals surface area (Å²) in [6, 6.07) is 14.8. The average Bonchev–Trinajstić information content (AvgIpc) is 3.01. The van der Waals surface area contributed by atoms with Gasteiger partial charge in [-0.15, -0.1) is 0 Å². The fraction of sp³-hybridized carbons (Fsp3) is 0.250. The van der Waals surface area contributed by atoms with Crippen LogP contribution in [0.15, 0.2) is 53.5 Å². The minimum atomic E-state index is -0.947. The summed E-state index contributed by atoms with van der Waals surface area (Å²) >= 11 is 0. The number of aromatic carboxylic acids is 1. The van der Waals surface area contributed by atoms with Crippen molar-refractivity contribution in [1.82, 2.24) is 14.9 Å². The first-order valence-corrected chi connectivity index (χ1v) is 10.4. The Morgan fingerprint density at radius 2 is 1.94 bits per heavy atom. The minimum Gasteiger partial charge on any atom is -0.478 e. The third-order valence-electron chi connectivity index (χ3n) is 5.32. The Balaban J connectivity index is 1.67. The molecule has 0 radical (unpaired) electrons. The predicted octanol–water partition coefficient (Wildman–Crippen LogP) is 4.08. The van der Waals surface area contributed by atoms with Gasteiger partial charge in [-0.2, -0.15) is 0 Å². The van der Waals surface area contributed by atoms with Crippen LogP contribution in [0.2, 0.25) is 0 Å². The molecule has 2 aromatic carbocycles. The molecule has 0 saturated carbocycles. The lowest BCUT2D eigenvalue weighted by Gasteiger charge is -2.11. The highest BCUT2D eigenvalue weighted by Gasteiger charge is 2.23. The Kier molecular flexibility index (Phi) is 5.93. The fourth-order valence-electron chi connectivity index (χ4n) is 3.71. The highest BCUT2D eigenvalue weighted by atomic mass is 16.4. The molecule has 0 spiro atoms. The second kappa shape index (κ2) is 8.95. The van der Waals surface area contributed by atoms with E-state index in [2.05, 4.69) is 22.2 Å². The number of aryl methyl sites for hydroxylation is 1. The Morgan fingerprint density at radius 3 is 2.68 bits per heavy atom. The molecule has 1 aromatic heterocycles. The standard InChI is InChI=1S/C24H24N4O3/c1-2-3-8-20-27-21-22(25-13-14-26-23(21)29)28(20)15-16-9-11-17(12-10-16)18-6-4-5-7-19(18)24(30)31/h4-7,9-13H,2-3,8,14-15H2,1H3,(H,26,29)(H,30,31). The lowest BCUT2D eigenvalue weighted by molar-refractivity contribution is 0.0697. The number of aromatic nitrogens is 2. The van der Waals surface area contributed by atoms with E-state index in [1.54, 1.807) is 18.3 Å². The first kappa shape index (κ1) is 20.5. The van der Waals surface area contributed by atoms with Crippen LogP contribution in [-0.4, -0.2) is 39.3 Å². The number of unbranched alkanes of at least 4 members (excludes halogenated alkanes) is 1. The maximum atomic E-state index is 12.4. The van der Waals surface area contributed by atoms with E-state index in [9.17, 15) is 14.7 Å². The monoisotopic (exact) mass is 416 g/mol. The molecule has 2 heterocycles. The predicted molar refractivity (Wildman–Crippen MR) is 119 cm³/mol. The zero-order valence-electron chi connectivity index (χ0n) is 17.3. The SMILES string of the molecule is CCCCc1nc2c(n1Cc1ccc(-c3ccccc3C(=O)O)cc1)N=CCNC2=O. The maximum absolute atomic E-state index is 12.4. The number of nitrogens with one attached hydrogen (secondary N) is 1. The van der Waals surface area contributed by atoms with E-state index in [1.165, 1.54) is 0 Å². The van der Waals surface area contributed by atoms with Gasteiger partial charge in [-0.3, -0.25) is 4.79 Å². The number of imidazole rings is 1. The number of nitrogens with zero attached hydrogens (tertiary/aromatic N) is 3. The smallest absolute Gasteiger partial charge is 0.336 e. The molecule has 0 unspecified atom stereocenters. The summed E-state index contributed by atoms with van der Waals surface area (Å²) in [7, 11) is 0. The molecule has 1 amide bonds. The number of hydrogen-bond acceptors (Lipinski definition) is 4. The number of carboxylic acids is 1. The molecule has 0 bridgehead atoms. The maximum Gasteiger partial charge on any atom is 0.336 e. The van der Waals surface area contributed by atoms with E-state index in [4.69, 9.17) is 0 Å². The number of carboxylic acid groups (broad SMARTS) is 1. The molecule has 7 nitrogen and oxygen atoms in total. The van der Waals surface area contributed by atoms with Gasteiger partial charge in [-0.05, 0) is 29.2 Å². The van der Waals surface area contributed by atoms with Crippen molar-refractivity contribution in [1.29, 1.82) is 0 Å². The molecule has 1 aliphatic heterocycles. The fourth-order valence-corrected chi connectivity index (χ4v) is 3.71. The molecule has 0 saturated heterocycles. The number of carbonyl (C=O) groups is 2. The quantitative estimate of drug-likeness (QED) is 0.606. The van der Waals surface area contributed by atoms with Crippen molar-refractivity contribution >= 4 is 23.9 Å². The van der Waals surface area contributed by atoms with Gasteiger partial charge in [0.2, 0.25) is 0 Å². The molecule has 0 atom stereocenters. The zero-order valence-corrected chi connectivity index (χ0v) is 17.3. The van der Waals surface area contributed by atoms with Gasteiger partial charge in [0.25, 0.3) is 5.91 Å². The van der Waals surface area contributed by atoms with E-state index in [-0.39, 0.29) is 11.5 Å². The molecule has 4 rings (SSSR count). The van der Waals surface area contributed by atoms with Crippen molar-refractivity contribution in [3.63, 3.8) is 0 Å². The van der Waals surface area contributed by atoms with E-state index >= 15 is 0 Å². The third kappa shape index (κ3) is 4.26. The molecule has 7 heteroatoms. The van der Waals surface area contributed by atoms with E-state index in [0.717, 1.165) is 36.2 Å². The number of carbonyl (C=O) groups excluding carboxylic acids is 1. The number of rotatable bonds is 7. The summed E-state index contributed by atoms with van der Waals surface area (Å²) in [5, 5.41) is 12.2. The highest BCUT2D eigenvalue weighted by molar-refractivity contribution is 5.99. The third-order valence-corrected chi connectivity index (χ3v) is 5.32. The van der Waals surface area contributed by atoms with Crippen LogP contribution in [0.1, 0.15) is 52.0 Å². The number of fused-ring (bicyclic) bond motifs is 1. The Labute approximate surface area is 180 Å². The second-order valence-electron chi connectivity index (χ2n) is 7.46. The molecule has 1 aliphatic rings. The van der Waals surface area contributed by atoms with Gasteiger partial charge in [0, 0.05) is 12.6 Å². The topological polar surface area (TPSA) is 96.6 Å². The van der Waals surface area contributed by atoms with Crippen LogP contribution < -0.4 is 5.32 Å². The Hall–Kier alpha value is -3.74. The van der Waals surface area contributed by atoms with Gasteiger partial charge in [-0.1, -0.05) is 55.8 Å². The number of benzene rings is 2. The Morgan fingerprint density at radius 1 is 1.16 bits per heavy atom.